The summed E-state index contributed by atoms with van der Waals surface area (Å²) in [5, 5.41) is 6.37. The normalized spacial score (nSPS) is 18.9. The number of Topliss-reactive ketones (excluding diaryl/α,β-unsaturated/α-hetero) is 1. The van der Waals surface area contributed by atoms with Crippen LogP contribution in [0.25, 0.3) is 0 Å². The summed E-state index contributed by atoms with van der Waals surface area (Å²) in [6.45, 7) is 4.28. The van der Waals surface area contributed by atoms with E-state index in [1.165, 1.54) is 12.1 Å². The van der Waals surface area contributed by atoms with Gasteiger partial charge in [0.2, 0.25) is 12.7 Å². The van der Waals surface area contributed by atoms with Gasteiger partial charge in [0.15, 0.2) is 17.3 Å². The van der Waals surface area contributed by atoms with Crippen LogP contribution in [-0.2, 0) is 16.1 Å². The van der Waals surface area contributed by atoms with Gasteiger partial charge in [-0.25, -0.2) is 8.78 Å². The Morgan fingerprint density at radius 3 is 2.58 bits per heavy atom. The molecule has 2 heterocycles. The molecule has 1 atom stereocenters. The Balaban J connectivity index is 1.39. The molecule has 6 rings (SSSR count). The summed E-state index contributed by atoms with van der Waals surface area (Å²) in [6.07, 6.45) is 0.850. The zero-order valence-corrected chi connectivity index (χ0v) is 22.2. The number of fused-ring (bicyclic) bond motifs is 2. The SMILES string of the molecule is CC1(C)CC(=O)C2=C(C1)Nc1ccccc1N(CC(=O)NCc1ccc3c(c1)OCO3)C2c1cc(F)cc(F)c1. The van der Waals surface area contributed by atoms with Gasteiger partial charge in [0.1, 0.15) is 11.6 Å². The van der Waals surface area contributed by atoms with Crippen molar-refractivity contribution >= 4 is 23.1 Å². The van der Waals surface area contributed by atoms with E-state index >= 15 is 0 Å². The molecular weight excluding hydrogens is 516 g/mol. The van der Waals surface area contributed by atoms with Crippen LogP contribution in [0.15, 0.2) is 71.9 Å². The molecule has 0 fully saturated rings. The predicted molar refractivity (Wildman–Crippen MR) is 146 cm³/mol. The minimum absolute atomic E-state index is 0.119. The molecule has 206 valence electrons. The molecule has 0 spiro atoms. The molecule has 1 aliphatic carbocycles. The average molecular weight is 546 g/mol. The predicted octanol–water partition coefficient (Wildman–Crippen LogP) is 5.63. The van der Waals surface area contributed by atoms with E-state index < -0.39 is 17.7 Å². The van der Waals surface area contributed by atoms with Crippen LogP contribution in [0, 0.1) is 17.0 Å². The second-order valence-corrected chi connectivity index (χ2v) is 11.2. The molecule has 3 aromatic rings. The fourth-order valence-corrected chi connectivity index (χ4v) is 5.77. The first-order valence-electron chi connectivity index (χ1n) is 13.2. The van der Waals surface area contributed by atoms with Gasteiger partial charge < -0.3 is 25.0 Å². The number of nitrogens with one attached hydrogen (secondary N) is 2. The first-order chi connectivity index (χ1) is 19.2. The van der Waals surface area contributed by atoms with Crippen LogP contribution in [-0.4, -0.2) is 25.0 Å². The van der Waals surface area contributed by atoms with Gasteiger partial charge in [-0.2, -0.15) is 0 Å². The first kappa shape index (κ1) is 25.9. The molecule has 7 nitrogen and oxygen atoms in total. The van der Waals surface area contributed by atoms with E-state index in [1.54, 1.807) is 11.0 Å². The second-order valence-electron chi connectivity index (χ2n) is 11.2. The number of ether oxygens (including phenoxy) is 2. The number of allylic oxidation sites excluding steroid dienone is 1. The van der Waals surface area contributed by atoms with Gasteiger partial charge in [0, 0.05) is 30.3 Å². The molecule has 0 aromatic heterocycles. The van der Waals surface area contributed by atoms with Gasteiger partial charge in [0.05, 0.1) is 24.0 Å². The van der Waals surface area contributed by atoms with Crippen molar-refractivity contribution in [1.29, 1.82) is 0 Å². The molecular formula is C31H29F2N3O4. The van der Waals surface area contributed by atoms with Crippen LogP contribution >= 0.6 is 0 Å². The molecule has 0 saturated heterocycles. The summed E-state index contributed by atoms with van der Waals surface area (Å²) in [7, 11) is 0. The van der Waals surface area contributed by atoms with Crippen molar-refractivity contribution in [2.45, 2.75) is 39.3 Å². The van der Waals surface area contributed by atoms with E-state index in [4.69, 9.17) is 9.47 Å². The highest BCUT2D eigenvalue weighted by molar-refractivity contribution is 6.01. The molecule has 40 heavy (non-hydrogen) atoms. The number of benzene rings is 3. The Kier molecular flexibility index (Phi) is 6.44. The van der Waals surface area contributed by atoms with Gasteiger partial charge >= 0.3 is 0 Å². The number of anilines is 2. The molecule has 0 radical (unpaired) electrons. The highest BCUT2D eigenvalue weighted by Gasteiger charge is 2.42. The van der Waals surface area contributed by atoms with Crippen molar-refractivity contribution in [3.05, 3.63) is 94.7 Å². The first-order valence-corrected chi connectivity index (χ1v) is 13.2. The van der Waals surface area contributed by atoms with Crippen molar-refractivity contribution in [3.63, 3.8) is 0 Å². The van der Waals surface area contributed by atoms with E-state index in [0.29, 0.717) is 40.6 Å². The maximum Gasteiger partial charge on any atom is 0.239 e. The van der Waals surface area contributed by atoms with Crippen molar-refractivity contribution in [3.8, 4) is 11.5 Å². The Hall–Kier alpha value is -4.40. The molecule has 0 bridgehead atoms. The number of amides is 1. The van der Waals surface area contributed by atoms with E-state index in [0.717, 1.165) is 11.6 Å². The average Bonchev–Trinajstić information content (AvgIpc) is 3.31. The van der Waals surface area contributed by atoms with E-state index in [1.807, 2.05) is 50.2 Å². The van der Waals surface area contributed by atoms with E-state index in [2.05, 4.69) is 10.6 Å². The molecule has 3 aromatic carbocycles. The fraction of sp³-hybridized carbons (Fsp3) is 0.290. The number of nitrogens with zero attached hydrogens (tertiary/aromatic N) is 1. The lowest BCUT2D eigenvalue weighted by Crippen LogP contribution is -2.42. The third-order valence-electron chi connectivity index (χ3n) is 7.45. The number of carbonyl (C=O) groups is 2. The monoisotopic (exact) mass is 545 g/mol. The van der Waals surface area contributed by atoms with Crippen molar-refractivity contribution in [1.82, 2.24) is 5.32 Å². The van der Waals surface area contributed by atoms with Gasteiger partial charge in [-0.15, -0.1) is 0 Å². The van der Waals surface area contributed by atoms with Gasteiger partial charge in [-0.1, -0.05) is 32.0 Å². The largest absolute Gasteiger partial charge is 0.454 e. The minimum Gasteiger partial charge on any atom is -0.454 e. The van der Waals surface area contributed by atoms with Crippen LogP contribution in [0.2, 0.25) is 0 Å². The highest BCUT2D eigenvalue weighted by atomic mass is 19.1. The number of carbonyl (C=O) groups excluding carboxylic acids is 2. The fourth-order valence-electron chi connectivity index (χ4n) is 5.77. The van der Waals surface area contributed by atoms with Crippen LogP contribution < -0.4 is 25.0 Å². The Bertz CT molecular complexity index is 1530. The second kappa shape index (κ2) is 9.97. The van der Waals surface area contributed by atoms with Crippen molar-refractivity contribution in [2.24, 2.45) is 5.41 Å². The molecule has 2 N–H and O–H groups in total. The lowest BCUT2D eigenvalue weighted by molar-refractivity contribution is -0.120. The van der Waals surface area contributed by atoms with Gasteiger partial charge in [0.25, 0.3) is 0 Å². The topological polar surface area (TPSA) is 79.9 Å². The summed E-state index contributed by atoms with van der Waals surface area (Å²) < 4.78 is 39.9. The number of halogens is 2. The molecule has 2 aliphatic heterocycles. The van der Waals surface area contributed by atoms with Gasteiger partial charge in [-0.05, 0) is 59.4 Å². The van der Waals surface area contributed by atoms with E-state index in [-0.39, 0.29) is 49.0 Å². The highest BCUT2D eigenvalue weighted by Crippen LogP contribution is 2.48. The minimum atomic E-state index is -0.878. The van der Waals surface area contributed by atoms with Gasteiger partial charge in [-0.3, -0.25) is 9.59 Å². The standard InChI is InChI=1S/C31H29F2N3O4/c1-31(2)13-23-29(25(37)14-31)30(19-10-20(32)12-21(33)11-19)36(24-6-4-3-5-22(24)35-23)16-28(38)34-15-18-7-8-26-27(9-18)40-17-39-26/h3-12,30,35H,13-17H2,1-2H3,(H,34,38). The Morgan fingerprint density at radius 2 is 1.77 bits per heavy atom. The smallest absolute Gasteiger partial charge is 0.239 e. The molecule has 0 saturated carbocycles. The number of para-hydroxylation sites is 2. The number of hydrogen-bond acceptors (Lipinski definition) is 6. The maximum absolute atomic E-state index is 14.5. The maximum atomic E-state index is 14.5. The van der Waals surface area contributed by atoms with Crippen LogP contribution in [0.1, 0.15) is 43.9 Å². The van der Waals surface area contributed by atoms with E-state index in [9.17, 15) is 18.4 Å². The van der Waals surface area contributed by atoms with Crippen LogP contribution in [0.3, 0.4) is 0 Å². The Labute approximate surface area is 230 Å². The quantitative estimate of drug-likeness (QED) is 0.433. The van der Waals surface area contributed by atoms with Crippen LogP contribution in [0.5, 0.6) is 11.5 Å². The number of ketones is 1. The molecule has 9 heteroatoms. The number of rotatable bonds is 5. The lowest BCUT2D eigenvalue weighted by Gasteiger charge is -2.37. The van der Waals surface area contributed by atoms with Crippen LogP contribution in [0.4, 0.5) is 20.2 Å². The third kappa shape index (κ3) is 4.99. The molecule has 1 unspecified atom stereocenters. The lowest BCUT2D eigenvalue weighted by atomic mass is 9.73. The van der Waals surface area contributed by atoms with Crippen molar-refractivity contribution in [2.75, 3.05) is 23.6 Å². The molecule has 3 aliphatic rings. The third-order valence-corrected chi connectivity index (χ3v) is 7.45. The summed E-state index contributed by atoms with van der Waals surface area (Å²) in [6, 6.07) is 15.2. The molecule has 1 amide bonds. The summed E-state index contributed by atoms with van der Waals surface area (Å²) in [5.41, 5.74) is 3.27. The summed E-state index contributed by atoms with van der Waals surface area (Å²) in [4.78, 5) is 28.9. The van der Waals surface area contributed by atoms with Crippen molar-refractivity contribution < 1.29 is 27.8 Å². The zero-order valence-electron chi connectivity index (χ0n) is 22.2. The number of hydrogen-bond donors (Lipinski definition) is 2. The summed E-state index contributed by atoms with van der Waals surface area (Å²) >= 11 is 0. The Morgan fingerprint density at radius 1 is 1.02 bits per heavy atom. The summed E-state index contributed by atoms with van der Waals surface area (Å²) in [5.74, 6) is -0.671. The zero-order chi connectivity index (χ0) is 28.0.